The molecular formula is C24H31N3O3S. The van der Waals surface area contributed by atoms with Crippen LogP contribution in [0.15, 0.2) is 53.4 Å². The van der Waals surface area contributed by atoms with Gasteiger partial charge >= 0.3 is 0 Å². The molecule has 1 saturated carbocycles. The average Bonchev–Trinajstić information content (AvgIpc) is 2.88. The third kappa shape index (κ3) is 3.21. The maximum Gasteiger partial charge on any atom is 0.179 e. The van der Waals surface area contributed by atoms with Crippen LogP contribution in [0.4, 0.5) is 11.4 Å². The second kappa shape index (κ2) is 7.41. The minimum atomic E-state index is -3.30. The molecule has 2 aromatic carbocycles. The molecule has 0 radical (unpaired) electrons. The van der Waals surface area contributed by atoms with Gasteiger partial charge in [0.1, 0.15) is 5.75 Å². The molecule has 3 aliphatic heterocycles. The predicted molar refractivity (Wildman–Crippen MR) is 124 cm³/mol. The van der Waals surface area contributed by atoms with Gasteiger partial charge in [0.25, 0.3) is 0 Å². The van der Waals surface area contributed by atoms with Gasteiger partial charge in [-0.2, -0.15) is 0 Å². The van der Waals surface area contributed by atoms with Crippen LogP contribution < -0.4 is 20.3 Å². The monoisotopic (exact) mass is 441 g/mol. The van der Waals surface area contributed by atoms with Gasteiger partial charge in [-0.25, -0.2) is 8.42 Å². The fourth-order valence-electron chi connectivity index (χ4n) is 6.20. The van der Waals surface area contributed by atoms with Gasteiger partial charge in [-0.1, -0.05) is 6.92 Å². The van der Waals surface area contributed by atoms with Crippen LogP contribution in [0.2, 0.25) is 0 Å². The standard InChI is InChI=1S/C24H31N3O3S/c1-3-30-20-8-4-18(5-9-20)26-15-17-14-24(2)22(26)16-27(23(17)24)19-6-10-21(11-7-19)31(28,29)13-12-25/h4-11,17,22-23H,3,12-16,25H2,1-2H3/t17-,22+,23?,24?/m0/s1. The van der Waals surface area contributed by atoms with E-state index in [4.69, 9.17) is 10.5 Å². The molecule has 1 aliphatic carbocycles. The summed E-state index contributed by atoms with van der Waals surface area (Å²) in [5.41, 5.74) is 8.09. The maximum absolute atomic E-state index is 12.3. The molecule has 7 heteroatoms. The largest absolute Gasteiger partial charge is 0.494 e. The van der Waals surface area contributed by atoms with Crippen molar-refractivity contribution in [3.8, 4) is 5.75 Å². The smallest absolute Gasteiger partial charge is 0.179 e. The number of nitrogens with zero attached hydrogens (tertiary/aromatic N) is 2. The molecule has 6 nitrogen and oxygen atoms in total. The lowest BCUT2D eigenvalue weighted by molar-refractivity contribution is 0.0162. The predicted octanol–water partition coefficient (Wildman–Crippen LogP) is 2.92. The van der Waals surface area contributed by atoms with Crippen LogP contribution in [0.1, 0.15) is 20.3 Å². The summed E-state index contributed by atoms with van der Waals surface area (Å²) in [5, 5.41) is 0. The number of sulfone groups is 1. The van der Waals surface area contributed by atoms with Crippen LogP contribution in [0.5, 0.6) is 5.75 Å². The normalized spacial score (nSPS) is 29.1. The van der Waals surface area contributed by atoms with Gasteiger partial charge in [-0.3, -0.25) is 0 Å². The van der Waals surface area contributed by atoms with E-state index in [2.05, 4.69) is 41.0 Å². The van der Waals surface area contributed by atoms with Crippen molar-refractivity contribution in [2.24, 2.45) is 17.1 Å². The number of benzene rings is 2. The van der Waals surface area contributed by atoms with Crippen LogP contribution in [0.3, 0.4) is 0 Å². The Morgan fingerprint density at radius 2 is 1.68 bits per heavy atom. The fourth-order valence-corrected chi connectivity index (χ4v) is 7.29. The first-order valence-electron chi connectivity index (χ1n) is 11.2. The topological polar surface area (TPSA) is 75.9 Å². The van der Waals surface area contributed by atoms with Crippen LogP contribution in [0.25, 0.3) is 0 Å². The number of ether oxygens (including phenoxy) is 1. The molecule has 2 unspecified atom stereocenters. The summed E-state index contributed by atoms with van der Waals surface area (Å²) in [5.74, 6) is 1.52. The Bertz CT molecular complexity index is 1050. The van der Waals surface area contributed by atoms with Gasteiger partial charge in [0, 0.05) is 42.5 Å². The Kier molecular flexibility index (Phi) is 4.94. The summed E-state index contributed by atoms with van der Waals surface area (Å²) in [6, 6.07) is 16.8. The molecule has 166 valence electrons. The summed E-state index contributed by atoms with van der Waals surface area (Å²) >= 11 is 0. The molecule has 4 fully saturated rings. The molecule has 0 spiro atoms. The summed E-state index contributed by atoms with van der Waals surface area (Å²) in [6.07, 6.45) is 1.26. The summed E-state index contributed by atoms with van der Waals surface area (Å²) < 4.78 is 30.2. The first-order valence-corrected chi connectivity index (χ1v) is 12.8. The molecule has 4 atom stereocenters. The molecule has 4 bridgehead atoms. The average molecular weight is 442 g/mol. The van der Waals surface area contributed by atoms with E-state index < -0.39 is 9.84 Å². The van der Waals surface area contributed by atoms with Crippen molar-refractivity contribution >= 4 is 21.2 Å². The van der Waals surface area contributed by atoms with Crippen molar-refractivity contribution in [3.63, 3.8) is 0 Å². The van der Waals surface area contributed by atoms with Crippen LogP contribution in [0, 0.1) is 11.3 Å². The van der Waals surface area contributed by atoms with Crippen LogP contribution >= 0.6 is 0 Å². The van der Waals surface area contributed by atoms with Gasteiger partial charge in [-0.15, -0.1) is 0 Å². The van der Waals surface area contributed by atoms with E-state index in [0.717, 1.165) is 24.5 Å². The highest BCUT2D eigenvalue weighted by Crippen LogP contribution is 2.61. The maximum atomic E-state index is 12.3. The Morgan fingerprint density at radius 1 is 1.03 bits per heavy atom. The number of hydrogen-bond acceptors (Lipinski definition) is 6. The zero-order valence-electron chi connectivity index (χ0n) is 18.2. The molecule has 2 aromatic rings. The first-order chi connectivity index (χ1) is 14.9. The van der Waals surface area contributed by atoms with Gasteiger partial charge in [0.05, 0.1) is 23.3 Å². The summed E-state index contributed by atoms with van der Waals surface area (Å²) in [6.45, 7) is 7.26. The van der Waals surface area contributed by atoms with Crippen molar-refractivity contribution in [2.75, 3.05) is 41.8 Å². The Morgan fingerprint density at radius 3 is 2.32 bits per heavy atom. The Hall–Kier alpha value is -2.25. The van der Waals surface area contributed by atoms with Crippen molar-refractivity contribution in [1.82, 2.24) is 0 Å². The van der Waals surface area contributed by atoms with E-state index in [9.17, 15) is 8.42 Å². The minimum absolute atomic E-state index is 0.0159. The molecule has 0 aromatic heterocycles. The molecular weight excluding hydrogens is 410 g/mol. The molecule has 3 heterocycles. The second-order valence-corrected chi connectivity index (χ2v) is 11.4. The van der Waals surface area contributed by atoms with Crippen molar-refractivity contribution in [1.29, 1.82) is 0 Å². The minimum Gasteiger partial charge on any atom is -0.494 e. The van der Waals surface area contributed by atoms with Gasteiger partial charge in [0.15, 0.2) is 9.84 Å². The summed E-state index contributed by atoms with van der Waals surface area (Å²) in [4.78, 5) is 5.43. The number of fused-ring (bicyclic) bond motifs is 1. The van der Waals surface area contributed by atoms with Gasteiger partial charge in [-0.05, 0) is 67.8 Å². The third-order valence-corrected chi connectivity index (χ3v) is 9.26. The quantitative estimate of drug-likeness (QED) is 0.712. The molecule has 4 aliphatic rings. The highest BCUT2D eigenvalue weighted by Gasteiger charge is 2.67. The Labute approximate surface area is 184 Å². The Balaban J connectivity index is 1.39. The molecule has 0 amide bonds. The van der Waals surface area contributed by atoms with E-state index >= 15 is 0 Å². The van der Waals surface area contributed by atoms with E-state index in [1.54, 1.807) is 12.1 Å². The van der Waals surface area contributed by atoms with E-state index in [0.29, 0.717) is 29.5 Å². The lowest BCUT2D eigenvalue weighted by Gasteiger charge is -2.61. The lowest BCUT2D eigenvalue weighted by Crippen LogP contribution is -2.67. The van der Waals surface area contributed by atoms with E-state index in [-0.39, 0.29) is 17.7 Å². The molecule has 31 heavy (non-hydrogen) atoms. The zero-order valence-corrected chi connectivity index (χ0v) is 19.0. The number of hydrogen-bond donors (Lipinski definition) is 1. The molecule has 6 rings (SSSR count). The van der Waals surface area contributed by atoms with Crippen LogP contribution in [-0.4, -0.2) is 52.5 Å². The first kappa shape index (κ1) is 20.6. The zero-order chi connectivity index (χ0) is 21.8. The number of anilines is 2. The van der Waals surface area contributed by atoms with Gasteiger partial charge in [0.2, 0.25) is 0 Å². The highest BCUT2D eigenvalue weighted by molar-refractivity contribution is 7.91. The molecule has 2 N–H and O–H groups in total. The fraction of sp³-hybridized carbons (Fsp3) is 0.500. The van der Waals surface area contributed by atoms with Gasteiger partial charge < -0.3 is 20.3 Å². The third-order valence-electron chi connectivity index (χ3n) is 7.49. The molecule has 3 saturated heterocycles. The van der Waals surface area contributed by atoms with Crippen molar-refractivity contribution in [3.05, 3.63) is 48.5 Å². The van der Waals surface area contributed by atoms with E-state index in [1.807, 2.05) is 19.1 Å². The van der Waals surface area contributed by atoms with Crippen LogP contribution in [-0.2, 0) is 9.84 Å². The lowest BCUT2D eigenvalue weighted by atomic mass is 9.54. The van der Waals surface area contributed by atoms with E-state index in [1.165, 1.54) is 12.1 Å². The van der Waals surface area contributed by atoms with Crippen molar-refractivity contribution in [2.45, 2.75) is 37.2 Å². The number of rotatable bonds is 7. The SMILES string of the molecule is CCOc1ccc(N2C[C@@H]3CC4(C)C3N(c3ccc(S(=O)(=O)CCN)cc3)C[C@@H]24)cc1. The van der Waals surface area contributed by atoms with Crippen molar-refractivity contribution < 1.29 is 13.2 Å². The summed E-state index contributed by atoms with van der Waals surface area (Å²) in [7, 11) is -3.30. The second-order valence-electron chi connectivity index (χ2n) is 9.26. The number of nitrogens with two attached hydrogens (primary N) is 1. The number of piperidine rings is 2. The highest BCUT2D eigenvalue weighted by atomic mass is 32.2.